The van der Waals surface area contributed by atoms with Gasteiger partial charge >= 0.3 is 0 Å². The fourth-order valence-corrected chi connectivity index (χ4v) is 1.98. The van der Waals surface area contributed by atoms with Crippen LogP contribution in [-0.2, 0) is 0 Å². The van der Waals surface area contributed by atoms with Gasteiger partial charge in [0.2, 0.25) is 0 Å². The molecule has 3 N–H and O–H groups in total. The van der Waals surface area contributed by atoms with Crippen molar-refractivity contribution in [2.24, 2.45) is 5.73 Å². The summed E-state index contributed by atoms with van der Waals surface area (Å²) in [5.41, 5.74) is 9.49. The molecule has 0 radical (unpaired) electrons. The van der Waals surface area contributed by atoms with Crippen molar-refractivity contribution in [3.8, 4) is 0 Å². The summed E-state index contributed by atoms with van der Waals surface area (Å²) in [4.78, 5) is 0. The second kappa shape index (κ2) is 5.51. The Kier molecular flexibility index (Phi) is 3.78. The summed E-state index contributed by atoms with van der Waals surface area (Å²) in [5.74, 6) is 0. The molecule has 2 aromatic carbocycles. The molecule has 17 heavy (non-hydrogen) atoms. The molecule has 2 aromatic rings. The van der Waals surface area contributed by atoms with E-state index in [1.54, 1.807) is 0 Å². The quantitative estimate of drug-likeness (QED) is 0.840. The maximum atomic E-state index is 5.86. The SMILES string of the molecule is Cc1ccccc1C(CN)Nc1ccccc1. The first-order chi connectivity index (χ1) is 8.31. The van der Waals surface area contributed by atoms with Gasteiger partial charge in [-0.25, -0.2) is 0 Å². The fourth-order valence-electron chi connectivity index (χ4n) is 1.98. The Hall–Kier alpha value is -1.80. The van der Waals surface area contributed by atoms with E-state index in [4.69, 9.17) is 5.73 Å². The van der Waals surface area contributed by atoms with Crippen molar-refractivity contribution in [2.45, 2.75) is 13.0 Å². The Balaban J connectivity index is 2.21. The number of anilines is 1. The predicted molar refractivity (Wildman–Crippen MR) is 73.0 cm³/mol. The van der Waals surface area contributed by atoms with E-state index in [2.05, 4.69) is 48.6 Å². The molecule has 0 aliphatic heterocycles. The maximum Gasteiger partial charge on any atom is 0.0638 e. The maximum absolute atomic E-state index is 5.86. The van der Waals surface area contributed by atoms with Crippen LogP contribution in [0.4, 0.5) is 5.69 Å². The normalized spacial score (nSPS) is 12.1. The van der Waals surface area contributed by atoms with Crippen molar-refractivity contribution in [1.82, 2.24) is 0 Å². The van der Waals surface area contributed by atoms with Gasteiger partial charge in [0, 0.05) is 12.2 Å². The average Bonchev–Trinajstić information content (AvgIpc) is 2.38. The molecule has 2 rings (SSSR count). The Morgan fingerprint density at radius 2 is 1.65 bits per heavy atom. The molecule has 0 aliphatic carbocycles. The van der Waals surface area contributed by atoms with Gasteiger partial charge < -0.3 is 11.1 Å². The third-order valence-corrected chi connectivity index (χ3v) is 2.91. The van der Waals surface area contributed by atoms with Crippen molar-refractivity contribution in [1.29, 1.82) is 0 Å². The van der Waals surface area contributed by atoms with Gasteiger partial charge in [0.1, 0.15) is 0 Å². The Bertz CT molecular complexity index is 465. The first-order valence-corrected chi connectivity index (χ1v) is 5.88. The van der Waals surface area contributed by atoms with Gasteiger partial charge in [-0.1, -0.05) is 42.5 Å². The number of hydrogen-bond acceptors (Lipinski definition) is 2. The van der Waals surface area contributed by atoms with E-state index in [9.17, 15) is 0 Å². The zero-order valence-electron chi connectivity index (χ0n) is 10.1. The van der Waals surface area contributed by atoms with E-state index < -0.39 is 0 Å². The highest BCUT2D eigenvalue weighted by Crippen LogP contribution is 2.21. The summed E-state index contributed by atoms with van der Waals surface area (Å²) < 4.78 is 0. The van der Waals surface area contributed by atoms with Crippen LogP contribution >= 0.6 is 0 Å². The van der Waals surface area contributed by atoms with Gasteiger partial charge in [0.15, 0.2) is 0 Å². The number of benzene rings is 2. The molecule has 1 unspecified atom stereocenters. The minimum Gasteiger partial charge on any atom is -0.377 e. The lowest BCUT2D eigenvalue weighted by atomic mass is 10.0. The Morgan fingerprint density at radius 1 is 1.00 bits per heavy atom. The summed E-state index contributed by atoms with van der Waals surface area (Å²) in [6, 6.07) is 18.7. The molecule has 0 aromatic heterocycles. The largest absolute Gasteiger partial charge is 0.377 e. The molecule has 0 spiro atoms. The minimum atomic E-state index is 0.165. The number of nitrogens with two attached hydrogens (primary N) is 1. The highest BCUT2D eigenvalue weighted by Gasteiger charge is 2.10. The van der Waals surface area contributed by atoms with Crippen molar-refractivity contribution >= 4 is 5.69 Å². The van der Waals surface area contributed by atoms with Crippen LogP contribution in [0.3, 0.4) is 0 Å². The molecule has 1 atom stereocenters. The zero-order valence-corrected chi connectivity index (χ0v) is 10.1. The molecule has 0 bridgehead atoms. The Morgan fingerprint density at radius 3 is 2.29 bits per heavy atom. The summed E-state index contributed by atoms with van der Waals surface area (Å²) in [5, 5.41) is 3.46. The van der Waals surface area contributed by atoms with E-state index in [0.717, 1.165) is 5.69 Å². The van der Waals surface area contributed by atoms with Crippen molar-refractivity contribution < 1.29 is 0 Å². The van der Waals surface area contributed by atoms with Crippen LogP contribution in [0.2, 0.25) is 0 Å². The lowest BCUT2D eigenvalue weighted by molar-refractivity contribution is 0.783. The lowest BCUT2D eigenvalue weighted by Crippen LogP contribution is -2.21. The number of hydrogen-bond donors (Lipinski definition) is 2. The van der Waals surface area contributed by atoms with E-state index in [1.165, 1.54) is 11.1 Å². The van der Waals surface area contributed by atoms with E-state index in [0.29, 0.717) is 6.54 Å². The molecule has 2 nitrogen and oxygen atoms in total. The molecule has 0 saturated heterocycles. The summed E-state index contributed by atoms with van der Waals surface area (Å²) in [7, 11) is 0. The predicted octanol–water partition coefficient (Wildman–Crippen LogP) is 3.11. The van der Waals surface area contributed by atoms with Crippen LogP contribution in [0, 0.1) is 6.92 Å². The minimum absolute atomic E-state index is 0.165. The van der Waals surface area contributed by atoms with E-state index in [1.807, 2.05) is 18.2 Å². The van der Waals surface area contributed by atoms with Crippen molar-refractivity contribution in [2.75, 3.05) is 11.9 Å². The second-order valence-electron chi connectivity index (χ2n) is 4.16. The van der Waals surface area contributed by atoms with Crippen LogP contribution < -0.4 is 11.1 Å². The second-order valence-corrected chi connectivity index (χ2v) is 4.16. The van der Waals surface area contributed by atoms with Crippen molar-refractivity contribution in [3.63, 3.8) is 0 Å². The van der Waals surface area contributed by atoms with E-state index in [-0.39, 0.29) is 6.04 Å². The number of aryl methyl sites for hydroxylation is 1. The van der Waals surface area contributed by atoms with Gasteiger partial charge in [-0.05, 0) is 30.2 Å². The molecule has 0 heterocycles. The lowest BCUT2D eigenvalue weighted by Gasteiger charge is -2.20. The van der Waals surface area contributed by atoms with Gasteiger partial charge in [0.05, 0.1) is 6.04 Å². The van der Waals surface area contributed by atoms with Crippen LogP contribution in [0.25, 0.3) is 0 Å². The summed E-state index contributed by atoms with van der Waals surface area (Å²) in [6.07, 6.45) is 0. The van der Waals surface area contributed by atoms with Crippen LogP contribution in [0.15, 0.2) is 54.6 Å². The molecule has 0 amide bonds. The molecular formula is C15H18N2. The molecule has 0 saturated carbocycles. The van der Waals surface area contributed by atoms with Gasteiger partial charge in [0.25, 0.3) is 0 Å². The van der Waals surface area contributed by atoms with Gasteiger partial charge in [-0.2, -0.15) is 0 Å². The van der Waals surface area contributed by atoms with E-state index >= 15 is 0 Å². The number of rotatable bonds is 4. The molecule has 2 heteroatoms. The van der Waals surface area contributed by atoms with Crippen LogP contribution in [0.5, 0.6) is 0 Å². The van der Waals surface area contributed by atoms with Gasteiger partial charge in [-0.3, -0.25) is 0 Å². The number of nitrogens with one attached hydrogen (secondary N) is 1. The smallest absolute Gasteiger partial charge is 0.0638 e. The summed E-state index contributed by atoms with van der Waals surface area (Å²) in [6.45, 7) is 2.70. The first kappa shape index (κ1) is 11.7. The monoisotopic (exact) mass is 226 g/mol. The highest BCUT2D eigenvalue weighted by atomic mass is 14.9. The average molecular weight is 226 g/mol. The highest BCUT2D eigenvalue weighted by molar-refractivity contribution is 5.46. The third-order valence-electron chi connectivity index (χ3n) is 2.91. The fraction of sp³-hybridized carbons (Fsp3) is 0.200. The zero-order chi connectivity index (χ0) is 12.1. The molecule has 88 valence electrons. The number of para-hydroxylation sites is 1. The van der Waals surface area contributed by atoms with Gasteiger partial charge in [-0.15, -0.1) is 0 Å². The third kappa shape index (κ3) is 2.86. The first-order valence-electron chi connectivity index (χ1n) is 5.88. The molecule has 0 fully saturated rings. The van der Waals surface area contributed by atoms with Crippen LogP contribution in [0.1, 0.15) is 17.2 Å². The van der Waals surface area contributed by atoms with Crippen molar-refractivity contribution in [3.05, 3.63) is 65.7 Å². The summed E-state index contributed by atoms with van der Waals surface area (Å²) >= 11 is 0. The Labute approximate surface area is 102 Å². The topological polar surface area (TPSA) is 38.0 Å². The molecule has 0 aliphatic rings. The standard InChI is InChI=1S/C15H18N2/c1-12-7-5-6-10-14(12)15(11-16)17-13-8-3-2-4-9-13/h2-10,15,17H,11,16H2,1H3. The molecular weight excluding hydrogens is 208 g/mol. The van der Waals surface area contributed by atoms with Crippen LogP contribution in [-0.4, -0.2) is 6.54 Å².